The maximum Gasteiger partial charge on any atom is 0.0214 e. The Hall–Kier alpha value is 0.0500. The van der Waals surface area contributed by atoms with Crippen LogP contribution >= 0.6 is 23.1 Å². The summed E-state index contributed by atoms with van der Waals surface area (Å²) in [5.74, 6) is 1.86. The molecule has 1 aromatic heterocycles. The van der Waals surface area contributed by atoms with Gasteiger partial charge in [0, 0.05) is 9.77 Å². The Balaban J connectivity index is 2.78. The van der Waals surface area contributed by atoms with Crippen LogP contribution in [0.25, 0.3) is 0 Å². The Labute approximate surface area is 77.0 Å². The Bertz CT molecular complexity index is 213. The average Bonchev–Trinajstić information content (AvgIpc) is 2.36. The van der Waals surface area contributed by atoms with Gasteiger partial charge in [-0.05, 0) is 23.1 Å². The van der Waals surface area contributed by atoms with Crippen molar-refractivity contribution < 1.29 is 0 Å². The fourth-order valence-electron chi connectivity index (χ4n) is 1.00. The van der Waals surface area contributed by atoms with Crippen LogP contribution in [0.3, 0.4) is 0 Å². The molecule has 0 amide bonds. The largest absolute Gasteiger partial charge is 0.147 e. The van der Waals surface area contributed by atoms with Gasteiger partial charge in [-0.15, -0.1) is 23.1 Å². The first-order valence-electron chi connectivity index (χ1n) is 3.96. The van der Waals surface area contributed by atoms with Gasteiger partial charge >= 0.3 is 0 Å². The highest BCUT2D eigenvalue weighted by Gasteiger charge is 2.06. The van der Waals surface area contributed by atoms with Crippen molar-refractivity contribution in [1.82, 2.24) is 0 Å². The van der Waals surface area contributed by atoms with E-state index in [1.807, 2.05) is 23.1 Å². The molecular weight excluding hydrogens is 172 g/mol. The summed E-state index contributed by atoms with van der Waals surface area (Å²) in [6.07, 6.45) is 0. The lowest BCUT2D eigenvalue weighted by Gasteiger charge is -2.04. The molecule has 0 nitrogen and oxygen atoms in total. The topological polar surface area (TPSA) is 0 Å². The lowest BCUT2D eigenvalue weighted by Crippen LogP contribution is -1.83. The first-order valence-corrected chi connectivity index (χ1v) is 5.82. The minimum atomic E-state index is 0.684. The zero-order valence-electron chi connectivity index (χ0n) is 7.26. The molecule has 2 heteroatoms. The summed E-state index contributed by atoms with van der Waals surface area (Å²) in [7, 11) is 0. The fourth-order valence-corrected chi connectivity index (χ4v) is 3.07. The molecule has 0 unspecified atom stereocenters. The van der Waals surface area contributed by atoms with E-state index in [0.29, 0.717) is 5.92 Å². The van der Waals surface area contributed by atoms with Gasteiger partial charge in [-0.25, -0.2) is 0 Å². The van der Waals surface area contributed by atoms with Crippen LogP contribution in [0.5, 0.6) is 0 Å². The van der Waals surface area contributed by atoms with Crippen LogP contribution in [0.4, 0.5) is 0 Å². The second-order valence-electron chi connectivity index (χ2n) is 2.74. The molecule has 62 valence electrons. The van der Waals surface area contributed by atoms with E-state index in [-0.39, 0.29) is 0 Å². The second-order valence-corrected chi connectivity index (χ2v) is 4.99. The first kappa shape index (κ1) is 9.14. The summed E-state index contributed by atoms with van der Waals surface area (Å²) in [5, 5.41) is 2.19. The summed E-state index contributed by atoms with van der Waals surface area (Å²) in [6, 6.07) is 2.23. The standard InChI is InChI=1S/C9H14S2/c1-4-10-8-5-6-11-9(8)7(2)3/h5-7H,4H2,1-3H3. The van der Waals surface area contributed by atoms with Crippen LogP contribution in [0.1, 0.15) is 31.6 Å². The summed E-state index contributed by atoms with van der Waals surface area (Å²) in [6.45, 7) is 6.71. The molecule has 0 radical (unpaired) electrons. The van der Waals surface area contributed by atoms with Gasteiger partial charge in [0.15, 0.2) is 0 Å². The van der Waals surface area contributed by atoms with E-state index in [4.69, 9.17) is 0 Å². The summed E-state index contributed by atoms with van der Waals surface area (Å²) in [5.41, 5.74) is 0. The van der Waals surface area contributed by atoms with Crippen molar-refractivity contribution in [2.75, 3.05) is 5.75 Å². The molecule has 0 N–H and O–H groups in total. The molecular formula is C9H14S2. The maximum absolute atomic E-state index is 2.26. The molecule has 0 atom stereocenters. The SMILES string of the molecule is CCSc1ccsc1C(C)C. The molecule has 0 aliphatic heterocycles. The molecule has 0 saturated carbocycles. The van der Waals surface area contributed by atoms with Crippen LogP contribution in [0, 0.1) is 0 Å². The zero-order valence-corrected chi connectivity index (χ0v) is 8.89. The van der Waals surface area contributed by atoms with E-state index in [1.165, 1.54) is 15.5 Å². The second kappa shape index (κ2) is 4.17. The average molecular weight is 186 g/mol. The minimum absolute atomic E-state index is 0.684. The molecule has 1 heterocycles. The lowest BCUT2D eigenvalue weighted by atomic mass is 10.2. The van der Waals surface area contributed by atoms with E-state index >= 15 is 0 Å². The smallest absolute Gasteiger partial charge is 0.0214 e. The fraction of sp³-hybridized carbons (Fsp3) is 0.556. The van der Waals surface area contributed by atoms with Gasteiger partial charge in [0.05, 0.1) is 0 Å². The highest BCUT2D eigenvalue weighted by molar-refractivity contribution is 7.99. The normalized spacial score (nSPS) is 10.9. The van der Waals surface area contributed by atoms with E-state index in [0.717, 1.165) is 0 Å². The summed E-state index contributed by atoms with van der Waals surface area (Å²) in [4.78, 5) is 3.02. The van der Waals surface area contributed by atoms with Gasteiger partial charge in [-0.1, -0.05) is 20.8 Å². The van der Waals surface area contributed by atoms with Crippen molar-refractivity contribution in [3.05, 3.63) is 16.3 Å². The Morgan fingerprint density at radius 3 is 2.82 bits per heavy atom. The Morgan fingerprint density at radius 2 is 2.27 bits per heavy atom. The molecule has 0 saturated heterocycles. The van der Waals surface area contributed by atoms with Gasteiger partial charge in [0.2, 0.25) is 0 Å². The van der Waals surface area contributed by atoms with Crippen LogP contribution in [0.2, 0.25) is 0 Å². The van der Waals surface area contributed by atoms with Crippen LogP contribution in [-0.4, -0.2) is 5.75 Å². The molecule has 1 aromatic rings. The van der Waals surface area contributed by atoms with Crippen molar-refractivity contribution in [3.8, 4) is 0 Å². The highest BCUT2D eigenvalue weighted by atomic mass is 32.2. The van der Waals surface area contributed by atoms with Crippen molar-refractivity contribution >= 4 is 23.1 Å². The summed E-state index contributed by atoms with van der Waals surface area (Å²) < 4.78 is 0. The molecule has 0 bridgehead atoms. The van der Waals surface area contributed by atoms with Crippen molar-refractivity contribution in [2.45, 2.75) is 31.6 Å². The number of thiophene rings is 1. The third kappa shape index (κ3) is 2.24. The van der Waals surface area contributed by atoms with Crippen LogP contribution in [-0.2, 0) is 0 Å². The van der Waals surface area contributed by atoms with E-state index in [9.17, 15) is 0 Å². The predicted octanol–water partition coefficient (Wildman–Crippen LogP) is 3.98. The number of hydrogen-bond acceptors (Lipinski definition) is 2. The number of hydrogen-bond donors (Lipinski definition) is 0. The van der Waals surface area contributed by atoms with E-state index in [2.05, 4.69) is 32.2 Å². The minimum Gasteiger partial charge on any atom is -0.147 e. The summed E-state index contributed by atoms with van der Waals surface area (Å²) >= 11 is 3.82. The highest BCUT2D eigenvalue weighted by Crippen LogP contribution is 2.32. The van der Waals surface area contributed by atoms with Crippen LogP contribution in [0.15, 0.2) is 16.3 Å². The molecule has 11 heavy (non-hydrogen) atoms. The van der Waals surface area contributed by atoms with Gasteiger partial charge in [-0.3, -0.25) is 0 Å². The third-order valence-electron chi connectivity index (χ3n) is 1.48. The monoisotopic (exact) mass is 186 g/mol. The molecule has 0 aliphatic carbocycles. The Morgan fingerprint density at radius 1 is 1.55 bits per heavy atom. The lowest BCUT2D eigenvalue weighted by molar-refractivity contribution is 0.869. The van der Waals surface area contributed by atoms with Gasteiger partial charge in [-0.2, -0.15) is 0 Å². The van der Waals surface area contributed by atoms with Crippen molar-refractivity contribution in [3.63, 3.8) is 0 Å². The number of rotatable bonds is 3. The molecule has 1 rings (SSSR count). The first-order chi connectivity index (χ1) is 5.25. The molecule has 0 aromatic carbocycles. The van der Waals surface area contributed by atoms with Crippen molar-refractivity contribution in [2.24, 2.45) is 0 Å². The van der Waals surface area contributed by atoms with E-state index < -0.39 is 0 Å². The van der Waals surface area contributed by atoms with E-state index in [1.54, 1.807) is 0 Å². The van der Waals surface area contributed by atoms with Crippen molar-refractivity contribution in [1.29, 1.82) is 0 Å². The van der Waals surface area contributed by atoms with Crippen LogP contribution < -0.4 is 0 Å². The molecule has 0 aliphatic rings. The molecule has 0 fully saturated rings. The van der Waals surface area contributed by atoms with Gasteiger partial charge < -0.3 is 0 Å². The Kier molecular flexibility index (Phi) is 3.46. The van der Waals surface area contributed by atoms with Gasteiger partial charge in [0.1, 0.15) is 0 Å². The quantitative estimate of drug-likeness (QED) is 0.643. The zero-order chi connectivity index (χ0) is 8.27. The third-order valence-corrected chi connectivity index (χ3v) is 3.78. The molecule has 0 spiro atoms. The predicted molar refractivity (Wildman–Crippen MR) is 54.8 cm³/mol. The number of thioether (sulfide) groups is 1. The maximum atomic E-state index is 2.26. The van der Waals surface area contributed by atoms with Gasteiger partial charge in [0.25, 0.3) is 0 Å².